The van der Waals surface area contributed by atoms with E-state index in [0.29, 0.717) is 18.0 Å². The molecule has 0 aliphatic carbocycles. The lowest BCUT2D eigenvalue weighted by Gasteiger charge is -2.31. The third kappa shape index (κ3) is 2.27. The van der Waals surface area contributed by atoms with Crippen LogP contribution in [-0.2, 0) is 11.3 Å². The van der Waals surface area contributed by atoms with Crippen LogP contribution < -0.4 is 10.6 Å². The van der Waals surface area contributed by atoms with Crippen LogP contribution in [0, 0.1) is 0 Å². The molecule has 2 aliphatic rings. The molecule has 2 N–H and O–H groups in total. The number of rotatable bonds is 2. The highest BCUT2D eigenvalue weighted by Crippen LogP contribution is 2.26. The Labute approximate surface area is 122 Å². The summed E-state index contributed by atoms with van der Waals surface area (Å²) in [5.41, 5.74) is 0.0929. The normalized spacial score (nSPS) is 26.1. The minimum absolute atomic E-state index is 0.144. The Hall–Kier alpha value is -1.59. The van der Waals surface area contributed by atoms with Crippen molar-refractivity contribution < 1.29 is 9.59 Å². The van der Waals surface area contributed by atoms with Gasteiger partial charge in [-0.15, -0.1) is 0 Å². The molecule has 0 radical (unpaired) electrons. The monoisotopic (exact) mass is 293 g/mol. The summed E-state index contributed by atoms with van der Waals surface area (Å²) in [7, 11) is 0. The second kappa shape index (κ2) is 5.07. The molecule has 3 rings (SSSR count). The van der Waals surface area contributed by atoms with Gasteiger partial charge in [-0.25, -0.2) is 4.79 Å². The van der Waals surface area contributed by atoms with Gasteiger partial charge >= 0.3 is 6.03 Å². The topological polar surface area (TPSA) is 61.4 Å². The number of nitrogens with zero attached hydrogens (tertiary/aromatic N) is 1. The predicted molar refractivity (Wildman–Crippen MR) is 75.4 cm³/mol. The van der Waals surface area contributed by atoms with E-state index >= 15 is 0 Å². The second-order valence-corrected chi connectivity index (χ2v) is 5.75. The van der Waals surface area contributed by atoms with E-state index in [1.165, 1.54) is 4.90 Å². The molecule has 3 amide bonds. The number of halogens is 1. The number of carbonyl (C=O) groups is 2. The molecule has 6 heteroatoms. The highest BCUT2D eigenvalue weighted by Gasteiger charge is 2.51. The first kappa shape index (κ1) is 13.4. The molecular formula is C14H16ClN3O2. The molecule has 1 atom stereocenters. The van der Waals surface area contributed by atoms with Crippen LogP contribution in [0.5, 0.6) is 0 Å². The number of amides is 3. The minimum Gasteiger partial charge on any atom is -0.322 e. The molecule has 2 saturated heterocycles. The zero-order valence-corrected chi connectivity index (χ0v) is 11.7. The number of nitrogens with one attached hydrogen (secondary N) is 2. The van der Waals surface area contributed by atoms with Gasteiger partial charge in [0, 0.05) is 11.6 Å². The van der Waals surface area contributed by atoms with Crippen molar-refractivity contribution in [3.05, 3.63) is 34.9 Å². The Morgan fingerprint density at radius 3 is 2.90 bits per heavy atom. The minimum atomic E-state index is -0.756. The average molecular weight is 294 g/mol. The number of piperidine rings is 1. The zero-order chi connectivity index (χ0) is 14.2. The standard InChI is InChI=1S/C14H16ClN3O2/c15-11-4-1-3-10(7-11)8-18-12(19)14(17-13(18)20)5-2-6-16-9-14/h1,3-4,7,16H,2,5-6,8-9H2,(H,17,20)/t14-/m0/s1. The lowest BCUT2D eigenvalue weighted by Crippen LogP contribution is -2.57. The Balaban J connectivity index is 1.80. The largest absolute Gasteiger partial charge is 0.325 e. The first-order chi connectivity index (χ1) is 9.61. The van der Waals surface area contributed by atoms with E-state index in [2.05, 4.69) is 10.6 Å². The van der Waals surface area contributed by atoms with Gasteiger partial charge in [0.1, 0.15) is 5.54 Å². The number of carbonyl (C=O) groups excluding carboxylic acids is 2. The molecule has 0 unspecified atom stereocenters. The van der Waals surface area contributed by atoms with Crippen LogP contribution >= 0.6 is 11.6 Å². The van der Waals surface area contributed by atoms with E-state index in [1.54, 1.807) is 12.1 Å². The fraction of sp³-hybridized carbons (Fsp3) is 0.429. The number of imide groups is 1. The van der Waals surface area contributed by atoms with Gasteiger partial charge in [0.05, 0.1) is 6.54 Å². The fourth-order valence-electron chi connectivity index (χ4n) is 2.83. The molecule has 0 aromatic heterocycles. The van der Waals surface area contributed by atoms with Crippen molar-refractivity contribution in [1.29, 1.82) is 0 Å². The molecule has 1 aromatic carbocycles. The van der Waals surface area contributed by atoms with Crippen LogP contribution in [0.25, 0.3) is 0 Å². The van der Waals surface area contributed by atoms with Gasteiger partial charge in [0.25, 0.3) is 5.91 Å². The highest BCUT2D eigenvalue weighted by atomic mass is 35.5. The van der Waals surface area contributed by atoms with Crippen molar-refractivity contribution in [3.8, 4) is 0 Å². The van der Waals surface area contributed by atoms with E-state index in [9.17, 15) is 9.59 Å². The van der Waals surface area contributed by atoms with Crippen LogP contribution in [0.1, 0.15) is 18.4 Å². The predicted octanol–water partition coefficient (Wildman–Crippen LogP) is 1.51. The number of urea groups is 1. The maximum Gasteiger partial charge on any atom is 0.325 e. The van der Waals surface area contributed by atoms with Gasteiger partial charge < -0.3 is 10.6 Å². The molecule has 1 aromatic rings. The number of hydrogen-bond acceptors (Lipinski definition) is 3. The summed E-state index contributed by atoms with van der Waals surface area (Å²) >= 11 is 5.93. The lowest BCUT2D eigenvalue weighted by molar-refractivity contribution is -0.132. The van der Waals surface area contributed by atoms with Crippen molar-refractivity contribution in [2.75, 3.05) is 13.1 Å². The van der Waals surface area contributed by atoms with Gasteiger partial charge in [-0.2, -0.15) is 0 Å². The van der Waals surface area contributed by atoms with E-state index < -0.39 is 5.54 Å². The van der Waals surface area contributed by atoms with E-state index in [-0.39, 0.29) is 18.5 Å². The van der Waals surface area contributed by atoms with Crippen LogP contribution in [0.15, 0.2) is 24.3 Å². The maximum absolute atomic E-state index is 12.6. The summed E-state index contributed by atoms with van der Waals surface area (Å²) in [4.78, 5) is 25.9. The van der Waals surface area contributed by atoms with Crippen LogP contribution in [0.2, 0.25) is 5.02 Å². The van der Waals surface area contributed by atoms with Gasteiger partial charge in [-0.1, -0.05) is 23.7 Å². The first-order valence-corrected chi connectivity index (χ1v) is 7.08. The van der Waals surface area contributed by atoms with Crippen LogP contribution in [-0.4, -0.2) is 35.5 Å². The summed E-state index contributed by atoms with van der Waals surface area (Å²) < 4.78 is 0. The Morgan fingerprint density at radius 1 is 1.35 bits per heavy atom. The quantitative estimate of drug-likeness (QED) is 0.813. The van der Waals surface area contributed by atoms with Crippen LogP contribution in [0.4, 0.5) is 4.79 Å². The van der Waals surface area contributed by atoms with Crippen molar-refractivity contribution in [3.63, 3.8) is 0 Å². The van der Waals surface area contributed by atoms with Gasteiger partial charge in [-0.3, -0.25) is 9.69 Å². The fourth-order valence-corrected chi connectivity index (χ4v) is 3.05. The molecule has 0 saturated carbocycles. The third-order valence-electron chi connectivity index (χ3n) is 3.86. The Kier molecular flexibility index (Phi) is 3.40. The molecule has 2 fully saturated rings. The summed E-state index contributed by atoms with van der Waals surface area (Å²) in [6, 6.07) is 6.89. The highest BCUT2D eigenvalue weighted by molar-refractivity contribution is 6.30. The molecular weight excluding hydrogens is 278 g/mol. The lowest BCUT2D eigenvalue weighted by atomic mass is 9.90. The van der Waals surface area contributed by atoms with Crippen molar-refractivity contribution in [1.82, 2.24) is 15.5 Å². The summed E-state index contributed by atoms with van der Waals surface area (Å²) in [6.07, 6.45) is 1.58. The second-order valence-electron chi connectivity index (χ2n) is 5.31. The molecule has 5 nitrogen and oxygen atoms in total. The van der Waals surface area contributed by atoms with Crippen molar-refractivity contribution >= 4 is 23.5 Å². The average Bonchev–Trinajstić information content (AvgIpc) is 2.64. The van der Waals surface area contributed by atoms with E-state index in [1.807, 2.05) is 12.1 Å². The van der Waals surface area contributed by atoms with E-state index in [4.69, 9.17) is 11.6 Å². The molecule has 0 bridgehead atoms. The summed E-state index contributed by atoms with van der Waals surface area (Å²) in [6.45, 7) is 1.65. The Morgan fingerprint density at radius 2 is 2.20 bits per heavy atom. The molecule has 106 valence electrons. The zero-order valence-electron chi connectivity index (χ0n) is 11.0. The Bertz CT molecular complexity index is 555. The molecule has 1 spiro atoms. The third-order valence-corrected chi connectivity index (χ3v) is 4.09. The number of benzene rings is 1. The van der Waals surface area contributed by atoms with Crippen molar-refractivity contribution in [2.45, 2.75) is 24.9 Å². The molecule has 2 aliphatic heterocycles. The SMILES string of the molecule is O=C1N[C@]2(CCCNC2)C(=O)N1Cc1cccc(Cl)c1. The van der Waals surface area contributed by atoms with Gasteiger partial charge in [0.15, 0.2) is 0 Å². The van der Waals surface area contributed by atoms with Gasteiger partial charge in [-0.05, 0) is 37.1 Å². The van der Waals surface area contributed by atoms with Crippen molar-refractivity contribution in [2.24, 2.45) is 0 Å². The molecule has 2 heterocycles. The first-order valence-electron chi connectivity index (χ1n) is 6.70. The van der Waals surface area contributed by atoms with Gasteiger partial charge in [0.2, 0.25) is 0 Å². The summed E-state index contributed by atoms with van der Waals surface area (Å²) in [5, 5.41) is 6.63. The summed E-state index contributed by atoms with van der Waals surface area (Å²) in [5.74, 6) is -0.144. The van der Waals surface area contributed by atoms with E-state index in [0.717, 1.165) is 18.5 Å². The maximum atomic E-state index is 12.6. The number of hydrogen-bond donors (Lipinski definition) is 2. The van der Waals surface area contributed by atoms with Crippen LogP contribution in [0.3, 0.4) is 0 Å². The smallest absolute Gasteiger partial charge is 0.322 e. The molecule has 20 heavy (non-hydrogen) atoms.